The van der Waals surface area contributed by atoms with E-state index in [1.165, 1.54) is 0 Å². The Kier molecular flexibility index (Phi) is 4.03. The fourth-order valence-electron chi connectivity index (χ4n) is 2.01. The molecule has 4 nitrogen and oxygen atoms in total. The number of carbonyl (C=O) groups is 1. The van der Waals surface area contributed by atoms with Crippen molar-refractivity contribution in [1.82, 2.24) is 5.32 Å². The molecule has 0 bridgehead atoms. The number of rotatable bonds is 4. The van der Waals surface area contributed by atoms with Gasteiger partial charge in [-0.2, -0.15) is 5.26 Å². The van der Waals surface area contributed by atoms with Crippen LogP contribution in [0.4, 0.5) is 0 Å². The average molecular weight is 308 g/mol. The van der Waals surface area contributed by atoms with Gasteiger partial charge in [0.1, 0.15) is 5.76 Å². The molecule has 108 valence electrons. The highest BCUT2D eigenvalue weighted by molar-refractivity contribution is 7.10. The summed E-state index contributed by atoms with van der Waals surface area (Å²) in [5.74, 6) is 0.665. The van der Waals surface area contributed by atoms with Gasteiger partial charge >= 0.3 is 0 Å². The molecular formula is C17H12N2O2S. The van der Waals surface area contributed by atoms with Gasteiger partial charge in [0, 0.05) is 21.4 Å². The number of benzene rings is 1. The minimum absolute atomic E-state index is 0.155. The first-order valence-electron chi connectivity index (χ1n) is 6.66. The van der Waals surface area contributed by atoms with Crippen LogP contribution in [0.3, 0.4) is 0 Å². The Balaban J connectivity index is 1.62. The third-order valence-corrected chi connectivity index (χ3v) is 4.10. The van der Waals surface area contributed by atoms with Crippen LogP contribution in [0.2, 0.25) is 0 Å². The second-order valence-corrected chi connectivity index (χ2v) is 5.65. The molecule has 22 heavy (non-hydrogen) atoms. The van der Waals surface area contributed by atoms with Gasteiger partial charge in [0.05, 0.1) is 24.4 Å². The van der Waals surface area contributed by atoms with E-state index in [0.29, 0.717) is 17.7 Å². The smallest absolute Gasteiger partial charge is 0.251 e. The molecular weight excluding hydrogens is 296 g/mol. The highest BCUT2D eigenvalue weighted by Crippen LogP contribution is 2.25. The van der Waals surface area contributed by atoms with E-state index in [1.807, 2.05) is 29.6 Å². The predicted octanol–water partition coefficient (Wildman–Crippen LogP) is 3.81. The number of carbonyl (C=O) groups excluding carboxylic acids is 1. The fourth-order valence-corrected chi connectivity index (χ4v) is 2.82. The quantitative estimate of drug-likeness (QED) is 0.797. The van der Waals surface area contributed by atoms with E-state index in [0.717, 1.165) is 16.2 Å². The molecule has 1 amide bonds. The van der Waals surface area contributed by atoms with E-state index in [2.05, 4.69) is 5.32 Å². The Bertz CT molecular complexity index is 811. The predicted molar refractivity (Wildman–Crippen MR) is 84.3 cm³/mol. The molecule has 0 fully saturated rings. The molecule has 1 N–H and O–H groups in total. The molecule has 0 spiro atoms. The molecule has 0 aliphatic rings. The van der Waals surface area contributed by atoms with Crippen molar-refractivity contribution >= 4 is 17.2 Å². The number of thiophene rings is 1. The third-order valence-electron chi connectivity index (χ3n) is 3.16. The van der Waals surface area contributed by atoms with Crippen LogP contribution in [0.25, 0.3) is 11.3 Å². The molecule has 0 aliphatic carbocycles. The van der Waals surface area contributed by atoms with Gasteiger partial charge in [0.2, 0.25) is 0 Å². The van der Waals surface area contributed by atoms with Crippen LogP contribution in [0.5, 0.6) is 0 Å². The summed E-state index contributed by atoms with van der Waals surface area (Å²) < 4.78 is 5.34. The number of nitrogens with one attached hydrogen (secondary N) is 1. The van der Waals surface area contributed by atoms with Crippen molar-refractivity contribution in [1.29, 1.82) is 5.26 Å². The second kappa shape index (κ2) is 6.29. The third kappa shape index (κ3) is 3.08. The minimum atomic E-state index is -0.155. The molecule has 0 saturated heterocycles. The topological polar surface area (TPSA) is 66.0 Å². The first kappa shape index (κ1) is 14.1. The van der Waals surface area contributed by atoms with E-state index in [-0.39, 0.29) is 5.91 Å². The normalized spacial score (nSPS) is 10.1. The summed E-state index contributed by atoms with van der Waals surface area (Å²) in [6.07, 6.45) is 1.64. The molecule has 2 heterocycles. The maximum Gasteiger partial charge on any atom is 0.251 e. The lowest BCUT2D eigenvalue weighted by Crippen LogP contribution is -2.22. The highest BCUT2D eigenvalue weighted by Gasteiger charge is 2.08. The average Bonchev–Trinajstić information content (AvgIpc) is 3.23. The Morgan fingerprint density at radius 1 is 1.27 bits per heavy atom. The highest BCUT2D eigenvalue weighted by atomic mass is 32.1. The number of amides is 1. The van der Waals surface area contributed by atoms with E-state index in [4.69, 9.17) is 9.68 Å². The van der Waals surface area contributed by atoms with Gasteiger partial charge in [0.25, 0.3) is 5.91 Å². The lowest BCUT2D eigenvalue weighted by molar-refractivity contribution is 0.0951. The molecule has 5 heteroatoms. The summed E-state index contributed by atoms with van der Waals surface area (Å²) in [6, 6.07) is 14.3. The number of nitrogens with zero attached hydrogens (tertiary/aromatic N) is 1. The van der Waals surface area contributed by atoms with Gasteiger partial charge in [-0.1, -0.05) is 0 Å². The Hall–Kier alpha value is -2.84. The van der Waals surface area contributed by atoms with Gasteiger partial charge in [-0.15, -0.1) is 11.3 Å². The van der Waals surface area contributed by atoms with E-state index < -0.39 is 0 Å². The Morgan fingerprint density at radius 2 is 2.09 bits per heavy atom. The van der Waals surface area contributed by atoms with Crippen LogP contribution in [0.15, 0.2) is 58.5 Å². The maximum absolute atomic E-state index is 12.0. The van der Waals surface area contributed by atoms with Gasteiger partial charge in [0.15, 0.2) is 0 Å². The number of hydrogen-bond donors (Lipinski definition) is 1. The SMILES string of the molecule is N#Cc1ccc(C(=O)NCc2cc(-c3ccco3)cs2)cc1. The van der Waals surface area contributed by atoms with Crippen LogP contribution in [-0.2, 0) is 6.54 Å². The fraction of sp³-hybridized carbons (Fsp3) is 0.0588. The summed E-state index contributed by atoms with van der Waals surface area (Å²) in [6.45, 7) is 0.463. The number of hydrogen-bond acceptors (Lipinski definition) is 4. The van der Waals surface area contributed by atoms with Crippen molar-refractivity contribution in [2.45, 2.75) is 6.54 Å². The van der Waals surface area contributed by atoms with Crippen molar-refractivity contribution in [3.05, 3.63) is 70.1 Å². The van der Waals surface area contributed by atoms with Crippen LogP contribution < -0.4 is 5.32 Å². The van der Waals surface area contributed by atoms with Crippen molar-refractivity contribution in [2.24, 2.45) is 0 Å². The van der Waals surface area contributed by atoms with Crippen LogP contribution >= 0.6 is 11.3 Å². The number of furan rings is 1. The zero-order valence-electron chi connectivity index (χ0n) is 11.6. The van der Waals surface area contributed by atoms with Crippen LogP contribution in [0.1, 0.15) is 20.8 Å². The van der Waals surface area contributed by atoms with Gasteiger partial charge in [-0.05, 0) is 42.5 Å². The largest absolute Gasteiger partial charge is 0.464 e. The van der Waals surface area contributed by atoms with Crippen LogP contribution in [0, 0.1) is 11.3 Å². The monoisotopic (exact) mass is 308 g/mol. The summed E-state index contributed by atoms with van der Waals surface area (Å²) in [5, 5.41) is 13.6. The van der Waals surface area contributed by atoms with Crippen molar-refractivity contribution in [2.75, 3.05) is 0 Å². The standard InChI is InChI=1S/C17H12N2O2S/c18-9-12-3-5-13(6-4-12)17(20)19-10-15-8-14(11-22-15)16-2-1-7-21-16/h1-8,11H,10H2,(H,19,20). The van der Waals surface area contributed by atoms with E-state index in [9.17, 15) is 4.79 Å². The second-order valence-electron chi connectivity index (χ2n) is 4.65. The molecule has 0 unspecified atom stereocenters. The van der Waals surface area contributed by atoms with Gasteiger partial charge in [-0.25, -0.2) is 0 Å². The van der Waals surface area contributed by atoms with Gasteiger partial charge < -0.3 is 9.73 Å². The molecule has 3 rings (SSSR count). The van der Waals surface area contributed by atoms with Crippen molar-refractivity contribution in [3.8, 4) is 17.4 Å². The van der Waals surface area contributed by atoms with E-state index >= 15 is 0 Å². The number of nitriles is 1. The molecule has 1 aromatic carbocycles. The lowest BCUT2D eigenvalue weighted by Gasteiger charge is -2.03. The maximum atomic E-state index is 12.0. The first-order chi connectivity index (χ1) is 10.8. The van der Waals surface area contributed by atoms with Crippen molar-refractivity contribution in [3.63, 3.8) is 0 Å². The minimum Gasteiger partial charge on any atom is -0.464 e. The molecule has 0 atom stereocenters. The Morgan fingerprint density at radius 3 is 2.77 bits per heavy atom. The van der Waals surface area contributed by atoms with E-state index in [1.54, 1.807) is 41.9 Å². The zero-order valence-corrected chi connectivity index (χ0v) is 12.4. The lowest BCUT2D eigenvalue weighted by atomic mass is 10.1. The first-order valence-corrected chi connectivity index (χ1v) is 7.54. The molecule has 3 aromatic rings. The molecule has 0 aliphatic heterocycles. The summed E-state index contributed by atoms with van der Waals surface area (Å²) in [4.78, 5) is 13.1. The summed E-state index contributed by atoms with van der Waals surface area (Å²) in [5.41, 5.74) is 2.09. The summed E-state index contributed by atoms with van der Waals surface area (Å²) >= 11 is 1.57. The molecule has 0 radical (unpaired) electrons. The van der Waals surface area contributed by atoms with Crippen molar-refractivity contribution < 1.29 is 9.21 Å². The molecule has 2 aromatic heterocycles. The summed E-state index contributed by atoms with van der Waals surface area (Å²) in [7, 11) is 0. The zero-order chi connectivity index (χ0) is 15.4. The Labute approximate surface area is 131 Å². The van der Waals surface area contributed by atoms with Crippen LogP contribution in [-0.4, -0.2) is 5.91 Å². The van der Waals surface area contributed by atoms with Gasteiger partial charge in [-0.3, -0.25) is 4.79 Å². The molecule has 0 saturated carbocycles.